The molecule has 1 amide bonds. The first-order valence-electron chi connectivity index (χ1n) is 13.9. The molecule has 35 heavy (non-hydrogen) atoms. The molecule has 6 aliphatic carbocycles. The molecule has 8 rings (SSSR count). The van der Waals surface area contributed by atoms with E-state index in [9.17, 15) is 4.79 Å². The molecule has 0 atom stereocenters. The number of aromatic nitrogens is 2. The zero-order valence-electron chi connectivity index (χ0n) is 22.4. The van der Waals surface area contributed by atoms with E-state index in [1.54, 1.807) is 19.3 Å². The summed E-state index contributed by atoms with van der Waals surface area (Å²) in [6.07, 6.45) is 19.5. The monoisotopic (exact) mass is 473 g/mol. The van der Waals surface area contributed by atoms with Gasteiger partial charge in [-0.1, -0.05) is 45.8 Å². The largest absolute Gasteiger partial charge is 0.310 e. The summed E-state index contributed by atoms with van der Waals surface area (Å²) >= 11 is 0. The molecule has 4 heteroatoms. The molecule has 0 radical (unpaired) electrons. The third kappa shape index (κ3) is 5.37. The van der Waals surface area contributed by atoms with E-state index in [2.05, 4.69) is 54.3 Å². The van der Waals surface area contributed by atoms with Gasteiger partial charge in [0, 0.05) is 23.2 Å². The third-order valence-electron chi connectivity index (χ3n) is 8.36. The van der Waals surface area contributed by atoms with Gasteiger partial charge in [0.15, 0.2) is 0 Å². The first-order chi connectivity index (χ1) is 17.0. The van der Waals surface area contributed by atoms with E-state index < -0.39 is 0 Å². The molecule has 2 heterocycles. The number of amides is 1. The molecule has 0 spiro atoms. The predicted molar refractivity (Wildman–Crippen MR) is 147 cm³/mol. The minimum atomic E-state index is -0.0914. The van der Waals surface area contributed by atoms with Gasteiger partial charge in [0.25, 0.3) is 0 Å². The van der Waals surface area contributed by atoms with Crippen LogP contribution in [0.3, 0.4) is 0 Å². The van der Waals surface area contributed by atoms with Crippen molar-refractivity contribution < 1.29 is 4.79 Å². The molecular formula is C31H43N3O. The summed E-state index contributed by atoms with van der Waals surface area (Å²) < 4.78 is 0. The Balaban J connectivity index is 0.000000354. The second-order valence-electron chi connectivity index (χ2n) is 10.9. The fraction of sp³-hybridized carbons (Fsp3) is 0.581. The van der Waals surface area contributed by atoms with Gasteiger partial charge in [0.05, 0.1) is 11.1 Å². The first-order valence-corrected chi connectivity index (χ1v) is 13.9. The molecular weight excluding hydrogens is 430 g/mol. The Morgan fingerprint density at radius 1 is 1.03 bits per heavy atom. The normalized spacial score (nSPS) is 27.5. The lowest BCUT2D eigenvalue weighted by molar-refractivity contribution is -0.158. The van der Waals surface area contributed by atoms with Gasteiger partial charge in [0.1, 0.15) is 5.82 Å². The molecule has 2 aromatic rings. The highest BCUT2D eigenvalue weighted by Gasteiger charge is 2.61. The Morgan fingerprint density at radius 3 is 2.14 bits per heavy atom. The Hall–Kier alpha value is -2.49. The highest BCUT2D eigenvalue weighted by Crippen LogP contribution is 2.64. The van der Waals surface area contributed by atoms with E-state index in [-0.39, 0.29) is 11.3 Å². The Kier molecular flexibility index (Phi) is 8.09. The molecule has 188 valence electrons. The van der Waals surface area contributed by atoms with Gasteiger partial charge in [-0.3, -0.25) is 9.78 Å². The van der Waals surface area contributed by atoms with Crippen molar-refractivity contribution in [2.24, 2.45) is 23.2 Å². The molecule has 0 unspecified atom stereocenters. The molecule has 6 fully saturated rings. The number of anilines is 1. The number of hydrogen-bond donors (Lipinski definition) is 1. The van der Waals surface area contributed by atoms with Gasteiger partial charge in [-0.15, -0.1) is 0 Å². The molecule has 6 saturated carbocycles. The van der Waals surface area contributed by atoms with Gasteiger partial charge in [-0.2, -0.15) is 0 Å². The van der Waals surface area contributed by atoms with Crippen LogP contribution in [0.2, 0.25) is 0 Å². The van der Waals surface area contributed by atoms with Crippen LogP contribution in [-0.4, -0.2) is 15.9 Å². The molecule has 0 saturated heterocycles. The standard InChI is InChI=1S/C24H29N3O.C5H8.C2H6/c1-4-6-7-8-16(3)20(5-2)21-9-18-15-26-22(10-19(18)14-25-21)27-23(28)24-11-17(12-24)13-24;1-4-2-5(1)3-4;1-2/h5,8-10,14-15,17H,4,6-7,11-13H2,1-3H3,(H,26,27,28);4-5H,1-3H2;1-2H3/b16-8-,20-5+;;. The number of carbonyl (C=O) groups is 1. The van der Waals surface area contributed by atoms with E-state index in [0.29, 0.717) is 5.82 Å². The number of allylic oxidation sites excluding steroid dienone is 4. The smallest absolute Gasteiger partial charge is 0.231 e. The number of rotatable bonds is 7. The van der Waals surface area contributed by atoms with Crippen molar-refractivity contribution in [1.29, 1.82) is 0 Å². The zero-order chi connectivity index (χ0) is 25.0. The number of hydrogen-bond acceptors (Lipinski definition) is 3. The van der Waals surface area contributed by atoms with Gasteiger partial charge in [0.2, 0.25) is 5.91 Å². The van der Waals surface area contributed by atoms with Gasteiger partial charge >= 0.3 is 0 Å². The highest BCUT2D eigenvalue weighted by molar-refractivity contribution is 5.98. The average molecular weight is 474 g/mol. The minimum absolute atomic E-state index is 0.0914. The summed E-state index contributed by atoms with van der Waals surface area (Å²) in [7, 11) is 0. The lowest BCUT2D eigenvalue weighted by atomic mass is 9.44. The van der Waals surface area contributed by atoms with Crippen molar-refractivity contribution in [2.45, 2.75) is 92.4 Å². The van der Waals surface area contributed by atoms with Gasteiger partial charge in [-0.25, -0.2) is 4.98 Å². The van der Waals surface area contributed by atoms with Crippen LogP contribution in [0.1, 0.15) is 98.1 Å². The van der Waals surface area contributed by atoms with Crippen LogP contribution in [0, 0.1) is 23.2 Å². The summed E-state index contributed by atoms with van der Waals surface area (Å²) in [5.41, 5.74) is 3.30. The van der Waals surface area contributed by atoms with Crippen LogP contribution in [-0.2, 0) is 4.79 Å². The number of unbranched alkanes of at least 4 members (excludes halogenated alkanes) is 2. The van der Waals surface area contributed by atoms with Crippen LogP contribution < -0.4 is 5.32 Å². The topological polar surface area (TPSA) is 54.9 Å². The average Bonchev–Trinajstić information content (AvgIpc) is 2.71. The van der Waals surface area contributed by atoms with Crippen molar-refractivity contribution in [3.8, 4) is 0 Å². The maximum Gasteiger partial charge on any atom is 0.231 e. The fourth-order valence-corrected chi connectivity index (χ4v) is 5.68. The van der Waals surface area contributed by atoms with E-state index in [0.717, 1.165) is 48.1 Å². The number of carbonyl (C=O) groups excluding carboxylic acids is 1. The number of pyridine rings is 2. The van der Waals surface area contributed by atoms with Crippen molar-refractivity contribution in [3.05, 3.63) is 47.9 Å². The van der Waals surface area contributed by atoms with E-state index in [4.69, 9.17) is 0 Å². The molecule has 2 aromatic heterocycles. The molecule has 4 nitrogen and oxygen atoms in total. The fourth-order valence-electron chi connectivity index (χ4n) is 5.68. The number of fused-ring (bicyclic) bond motifs is 1. The van der Waals surface area contributed by atoms with Crippen molar-refractivity contribution in [2.75, 3.05) is 5.32 Å². The van der Waals surface area contributed by atoms with E-state index in [1.807, 2.05) is 32.3 Å². The summed E-state index contributed by atoms with van der Waals surface area (Å²) in [5, 5.41) is 5.04. The second kappa shape index (κ2) is 11.1. The van der Waals surface area contributed by atoms with Crippen LogP contribution in [0.4, 0.5) is 5.82 Å². The van der Waals surface area contributed by atoms with Crippen LogP contribution >= 0.6 is 0 Å². The Morgan fingerprint density at radius 2 is 1.63 bits per heavy atom. The van der Waals surface area contributed by atoms with Crippen LogP contribution in [0.25, 0.3) is 16.3 Å². The summed E-state index contributed by atoms with van der Waals surface area (Å²) in [5.74, 6) is 3.97. The SMILES string of the molecule is C/C=C(\C(C)=C/CCCC)c1cc2cnc(NC(=O)C34CC(C3)C4)cc2cn1.C1C2CC1C2.CC. The second-order valence-corrected chi connectivity index (χ2v) is 10.9. The summed E-state index contributed by atoms with van der Waals surface area (Å²) in [4.78, 5) is 21.6. The maximum absolute atomic E-state index is 12.5. The molecule has 0 aliphatic heterocycles. The Bertz CT molecular complexity index is 1080. The van der Waals surface area contributed by atoms with Crippen molar-refractivity contribution in [1.82, 2.24) is 9.97 Å². The van der Waals surface area contributed by atoms with Gasteiger partial charge in [-0.05, 0) is 99.8 Å². The quantitative estimate of drug-likeness (QED) is 0.325. The van der Waals surface area contributed by atoms with Crippen LogP contribution in [0.15, 0.2) is 42.3 Å². The number of nitrogens with one attached hydrogen (secondary N) is 1. The maximum atomic E-state index is 12.5. The predicted octanol–water partition coefficient (Wildman–Crippen LogP) is 8.35. The molecule has 6 aliphatic rings. The van der Waals surface area contributed by atoms with E-state index >= 15 is 0 Å². The zero-order valence-corrected chi connectivity index (χ0v) is 22.4. The van der Waals surface area contributed by atoms with Gasteiger partial charge < -0.3 is 5.32 Å². The molecule has 1 N–H and O–H groups in total. The number of nitrogens with zero attached hydrogens (tertiary/aromatic N) is 2. The third-order valence-corrected chi connectivity index (χ3v) is 8.36. The lowest BCUT2D eigenvalue weighted by Gasteiger charge is -2.59. The summed E-state index contributed by atoms with van der Waals surface area (Å²) in [6.45, 7) is 10.4. The van der Waals surface area contributed by atoms with E-state index in [1.165, 1.54) is 35.8 Å². The first kappa shape index (κ1) is 25.6. The molecule has 4 bridgehead atoms. The Labute approximate surface area is 211 Å². The lowest BCUT2D eigenvalue weighted by Crippen LogP contribution is -2.58. The van der Waals surface area contributed by atoms with Crippen molar-refractivity contribution >= 4 is 28.1 Å². The highest BCUT2D eigenvalue weighted by atomic mass is 16.2. The minimum Gasteiger partial charge on any atom is -0.310 e. The summed E-state index contributed by atoms with van der Waals surface area (Å²) in [6, 6.07) is 4.01. The molecule has 0 aromatic carbocycles. The van der Waals surface area contributed by atoms with Crippen LogP contribution in [0.5, 0.6) is 0 Å². The van der Waals surface area contributed by atoms with Crippen molar-refractivity contribution in [3.63, 3.8) is 0 Å².